The molecule has 0 aliphatic heterocycles. The van der Waals surface area contributed by atoms with Gasteiger partial charge in [-0.3, -0.25) is 9.59 Å². The van der Waals surface area contributed by atoms with Crippen LogP contribution in [0.3, 0.4) is 0 Å². The molecule has 95 heavy (non-hydrogen) atoms. The number of pyridine rings is 1. The van der Waals surface area contributed by atoms with Gasteiger partial charge in [-0.15, -0.1) is 51.8 Å². The molecule has 1 amide bonds. The number of amides is 1. The molecule has 4 nitrogen and oxygen atoms in total. The van der Waals surface area contributed by atoms with E-state index in [0.717, 1.165) is 79.9 Å². The van der Waals surface area contributed by atoms with Crippen molar-refractivity contribution >= 4 is 73.7 Å². The van der Waals surface area contributed by atoms with Crippen molar-refractivity contribution in [3.8, 4) is 69.5 Å². The van der Waals surface area contributed by atoms with Gasteiger partial charge in [-0.25, -0.2) is 8.78 Å². The zero-order valence-corrected chi connectivity index (χ0v) is 62.3. The Morgan fingerprint density at radius 3 is 1.60 bits per heavy atom. The highest BCUT2D eigenvalue weighted by atomic mass is 32.1. The molecule has 2 unspecified atom stereocenters. The van der Waals surface area contributed by atoms with Crippen molar-refractivity contribution in [3.05, 3.63) is 137 Å². The van der Waals surface area contributed by atoms with E-state index in [1.165, 1.54) is 212 Å². The van der Waals surface area contributed by atoms with E-state index in [0.29, 0.717) is 48.4 Å². The molecular formula is C85H112F2N2O2S4. The quantitative estimate of drug-likeness (QED) is 0.0169. The van der Waals surface area contributed by atoms with Crippen LogP contribution in [0.25, 0.3) is 26.5 Å². The van der Waals surface area contributed by atoms with Crippen LogP contribution in [0.5, 0.6) is 0 Å². The molecule has 2 atom stereocenters. The highest BCUT2D eigenvalue weighted by Gasteiger charge is 2.26. The van der Waals surface area contributed by atoms with Crippen molar-refractivity contribution in [2.45, 2.75) is 273 Å². The van der Waals surface area contributed by atoms with Crippen LogP contribution in [0, 0.1) is 85.4 Å². The summed E-state index contributed by atoms with van der Waals surface area (Å²) in [7, 11) is 0. The third-order valence-electron chi connectivity index (χ3n) is 17.4. The number of anilines is 1. The number of hydrogen-bond donors (Lipinski definition) is 0. The van der Waals surface area contributed by atoms with E-state index in [1.54, 1.807) is 45.5 Å². The van der Waals surface area contributed by atoms with Gasteiger partial charge in [0.25, 0.3) is 11.5 Å². The zero-order chi connectivity index (χ0) is 68.5. The van der Waals surface area contributed by atoms with Crippen molar-refractivity contribution in [1.29, 1.82) is 0 Å². The van der Waals surface area contributed by atoms with E-state index in [4.69, 9.17) is 6.42 Å². The van der Waals surface area contributed by atoms with Gasteiger partial charge >= 0.3 is 0 Å². The number of allylic oxidation sites excluding steroid dienone is 4. The Hall–Kier alpha value is -6.16. The summed E-state index contributed by atoms with van der Waals surface area (Å²) in [5.74, 6) is 24.0. The first kappa shape index (κ1) is 81.3. The molecule has 512 valence electrons. The number of hydrogen-bond acceptors (Lipinski definition) is 6. The van der Waals surface area contributed by atoms with E-state index in [1.807, 2.05) is 42.3 Å². The minimum absolute atomic E-state index is 0.0385. The second-order valence-electron chi connectivity index (χ2n) is 25.5. The maximum absolute atomic E-state index is 15.1. The number of nitrogens with zero attached hydrogens (tertiary/aromatic N) is 2. The molecule has 0 saturated heterocycles. The number of thiophene rings is 4. The lowest BCUT2D eigenvalue weighted by atomic mass is 9.88. The van der Waals surface area contributed by atoms with Crippen LogP contribution in [-0.2, 0) is 24.2 Å². The Kier molecular flexibility index (Phi) is 43.7. The number of aryl methyl sites for hydroxylation is 3. The fraction of sp³-hybridized carbons (Fsp3) is 0.529. The molecule has 0 fully saturated rings. The smallest absolute Gasteiger partial charge is 0.259 e. The standard InChI is InChI=1S/C67H100F2N2O2S3.C18H12S/c1-7-11-15-19-23-25-26-28-30-34-38-56(37-33-29-27-24-20-16-12-8-2)49-59-50-64(76-66(59)63-45-44-62(75-63)58(52-69)41-40-57(51-68)61-43-39-54(5)74-61)55(6)67(73)71(48-36-32-22-18-14-10-4)60-42-46-65(72)70(53-60)47-35-31-21-17-13-9-3;1-4-5-6-7-8-9-10-11-12-16(2)15-18-13-14-19-17(18)3/h39-46,50-53,56H,6-38,47-49H2,1-5H3;1,13-14,16H,15H2,2-3H3/b41-40-,57-51-,58-52-;. The predicted molar refractivity (Wildman–Crippen MR) is 416 cm³/mol. The van der Waals surface area contributed by atoms with Crippen molar-refractivity contribution in [1.82, 2.24) is 4.57 Å². The molecule has 0 radical (unpaired) electrons. The summed E-state index contributed by atoms with van der Waals surface area (Å²) in [6, 6.07) is 15.8. The van der Waals surface area contributed by atoms with Gasteiger partial charge in [0.1, 0.15) is 0 Å². The third kappa shape index (κ3) is 33.1. The fourth-order valence-electron chi connectivity index (χ4n) is 11.8. The maximum Gasteiger partial charge on any atom is 0.259 e. The number of carbonyl (C=O) groups excluding carboxylic acids is 1. The van der Waals surface area contributed by atoms with E-state index in [2.05, 4.69) is 125 Å². The van der Waals surface area contributed by atoms with Crippen molar-refractivity contribution in [2.75, 3.05) is 11.4 Å². The number of unbranched alkanes of at least 4 members (excludes halogenated alkanes) is 26. The lowest BCUT2D eigenvalue weighted by Crippen LogP contribution is -2.33. The summed E-state index contributed by atoms with van der Waals surface area (Å²) >= 11 is 6.44. The lowest BCUT2D eigenvalue weighted by molar-refractivity contribution is -0.113. The number of terminal acetylenes is 1. The van der Waals surface area contributed by atoms with Crippen molar-refractivity contribution in [2.24, 2.45) is 11.8 Å². The molecule has 5 aromatic heterocycles. The second-order valence-corrected chi connectivity index (χ2v) is 30.0. The number of aromatic nitrogens is 1. The molecular weight excluding hydrogens is 1250 g/mol. The Morgan fingerprint density at radius 2 is 1.08 bits per heavy atom. The minimum Gasteiger partial charge on any atom is -0.313 e. The van der Waals surface area contributed by atoms with Gasteiger partial charge in [-0.2, -0.15) is 0 Å². The lowest BCUT2D eigenvalue weighted by Gasteiger charge is -2.24. The number of rotatable bonds is 46. The average molecular weight is 1360 g/mol. The summed E-state index contributed by atoms with van der Waals surface area (Å²) in [5.41, 5.74) is 4.56. The molecule has 0 saturated carbocycles. The van der Waals surface area contributed by atoms with E-state index < -0.39 is 0 Å². The largest absolute Gasteiger partial charge is 0.313 e. The third-order valence-corrected chi connectivity index (χ3v) is 21.9. The first-order valence-corrected chi connectivity index (χ1v) is 39.5. The van der Waals surface area contributed by atoms with Gasteiger partial charge < -0.3 is 9.47 Å². The summed E-state index contributed by atoms with van der Waals surface area (Å²) in [6.45, 7) is 21.0. The molecule has 0 spiro atoms. The highest BCUT2D eigenvalue weighted by molar-refractivity contribution is 7.23. The summed E-state index contributed by atoms with van der Waals surface area (Å²) in [6.07, 6.45) is 52.6. The van der Waals surface area contributed by atoms with E-state index in [-0.39, 0.29) is 17.4 Å². The Labute approximate surface area is 591 Å². The van der Waals surface area contributed by atoms with Crippen LogP contribution in [0.2, 0.25) is 0 Å². The molecule has 0 aliphatic carbocycles. The SMILES string of the molecule is C#CC#CC#CC#CC#CC(C)Cc1ccsc1C.C=C(C(=O)N(CCCCCCCC)c1ccc(=O)n(CCCCCCCC)c1)c1cc(CC(CCCCCCCCCC)CCCCCCCCCCCC)c(-c2ccc(C(/C=C\C(=C\F)c3ccc(C)s3)=C\F)s2)s1. The molecule has 0 aromatic carbocycles. The van der Waals surface area contributed by atoms with Crippen molar-refractivity contribution in [3.63, 3.8) is 0 Å². The first-order valence-electron chi connectivity index (χ1n) is 36.2. The second kappa shape index (κ2) is 51.1. The Bertz CT molecular complexity index is 3470. The highest BCUT2D eigenvalue weighted by Crippen LogP contribution is 2.43. The minimum atomic E-state index is -0.129. The fourth-order valence-corrected chi connectivity index (χ4v) is 15.6. The van der Waals surface area contributed by atoms with Crippen LogP contribution < -0.4 is 10.5 Å². The average Bonchev–Trinajstić information content (AvgIpc) is 1.69. The monoisotopic (exact) mass is 1360 g/mol. The van der Waals surface area contributed by atoms with Crippen molar-refractivity contribution < 1.29 is 13.6 Å². The van der Waals surface area contributed by atoms with Gasteiger partial charge in [0.05, 0.1) is 18.3 Å². The molecule has 5 heterocycles. The summed E-state index contributed by atoms with van der Waals surface area (Å²) in [5, 5.41) is 2.11. The molecule has 5 rings (SSSR count). The summed E-state index contributed by atoms with van der Waals surface area (Å²) < 4.78 is 30.8. The van der Waals surface area contributed by atoms with E-state index in [9.17, 15) is 13.6 Å². The zero-order valence-electron chi connectivity index (χ0n) is 59.1. The molecule has 0 aliphatic rings. The topological polar surface area (TPSA) is 42.3 Å². The molecule has 5 aromatic rings. The summed E-state index contributed by atoms with van der Waals surface area (Å²) in [4.78, 5) is 37.2. The van der Waals surface area contributed by atoms with E-state index >= 15 is 4.79 Å². The van der Waals surface area contributed by atoms with Crippen LogP contribution >= 0.6 is 45.3 Å². The van der Waals surface area contributed by atoms with Gasteiger partial charge in [-0.05, 0) is 152 Å². The van der Waals surface area contributed by atoms with Crippen LogP contribution in [0.1, 0.15) is 276 Å². The maximum atomic E-state index is 15.1. The van der Waals surface area contributed by atoms with Crippen LogP contribution in [0.15, 0.2) is 96.3 Å². The normalized spacial score (nSPS) is 11.9. The number of carbonyl (C=O) groups is 1. The van der Waals surface area contributed by atoms with Gasteiger partial charge in [0, 0.05) is 82.1 Å². The van der Waals surface area contributed by atoms with Crippen LogP contribution in [-0.4, -0.2) is 17.0 Å². The number of halogens is 2. The van der Waals surface area contributed by atoms with Gasteiger partial charge in [-0.1, -0.05) is 252 Å². The Morgan fingerprint density at radius 1 is 0.579 bits per heavy atom. The molecule has 10 heteroatoms. The predicted octanol–water partition coefficient (Wildman–Crippen LogP) is 25.5. The molecule has 0 N–H and O–H groups in total. The van der Waals surface area contributed by atoms with Gasteiger partial charge in [0.2, 0.25) is 0 Å². The Balaban J connectivity index is 0.000000864. The molecule has 0 bridgehead atoms. The van der Waals surface area contributed by atoms with Gasteiger partial charge in [0.15, 0.2) is 0 Å². The first-order chi connectivity index (χ1) is 46.4. The van der Waals surface area contributed by atoms with Crippen LogP contribution in [0.4, 0.5) is 14.5 Å².